The first kappa shape index (κ1) is 22.4. The number of hydrogen-bond acceptors (Lipinski definition) is 6. The maximum Gasteiger partial charge on any atom is 0.330 e. The maximum atomic E-state index is 12.3. The quantitative estimate of drug-likeness (QED) is 0.525. The first-order valence-corrected chi connectivity index (χ1v) is 10.4. The highest BCUT2D eigenvalue weighted by Crippen LogP contribution is 2.18. The minimum atomic E-state index is -3.87. The van der Waals surface area contributed by atoms with Crippen LogP contribution in [0.25, 0.3) is 6.08 Å². The van der Waals surface area contributed by atoms with Crippen molar-refractivity contribution in [2.24, 2.45) is 0 Å². The summed E-state index contributed by atoms with van der Waals surface area (Å²) in [5, 5.41) is 2.28. The zero-order valence-corrected chi connectivity index (χ0v) is 17.5. The monoisotopic (exact) mass is 420 g/mol. The SMILES string of the molecule is CCOC(=O)/C=C/c1ccc(NC(=O)c2ccc(S(=O)(=O)NC(C)(C)C)o2)cc1. The molecule has 8 nitrogen and oxygen atoms in total. The van der Waals surface area contributed by atoms with Crippen LogP contribution in [0.15, 0.2) is 52.0 Å². The summed E-state index contributed by atoms with van der Waals surface area (Å²) >= 11 is 0. The van der Waals surface area contributed by atoms with Crippen molar-refractivity contribution < 1.29 is 27.2 Å². The number of hydrogen-bond donors (Lipinski definition) is 2. The van der Waals surface area contributed by atoms with Gasteiger partial charge in [-0.3, -0.25) is 4.79 Å². The minimum Gasteiger partial charge on any atom is -0.463 e. The summed E-state index contributed by atoms with van der Waals surface area (Å²) in [6, 6.07) is 9.22. The molecule has 1 aromatic heterocycles. The van der Waals surface area contributed by atoms with Crippen LogP contribution in [0.4, 0.5) is 5.69 Å². The molecule has 0 spiro atoms. The lowest BCUT2D eigenvalue weighted by Gasteiger charge is -2.18. The lowest BCUT2D eigenvalue weighted by Crippen LogP contribution is -2.40. The standard InChI is InChI=1S/C20H24N2O6S/c1-5-27-17(23)12-8-14-6-9-15(10-7-14)21-19(24)16-11-13-18(28-16)29(25,26)22-20(2,3)4/h6-13,22H,5H2,1-4H3,(H,21,24)/b12-8+. The highest BCUT2D eigenvalue weighted by molar-refractivity contribution is 7.89. The molecule has 1 amide bonds. The number of esters is 1. The smallest absolute Gasteiger partial charge is 0.330 e. The van der Waals surface area contributed by atoms with Gasteiger partial charge in [-0.05, 0) is 63.6 Å². The Morgan fingerprint density at radius 1 is 1.10 bits per heavy atom. The number of sulfonamides is 1. The van der Waals surface area contributed by atoms with E-state index in [1.165, 1.54) is 18.2 Å². The molecular weight excluding hydrogens is 396 g/mol. The number of rotatable bonds is 7. The van der Waals surface area contributed by atoms with Gasteiger partial charge in [0.2, 0.25) is 5.09 Å². The van der Waals surface area contributed by atoms with Crippen molar-refractivity contribution in [1.29, 1.82) is 0 Å². The van der Waals surface area contributed by atoms with Gasteiger partial charge < -0.3 is 14.5 Å². The second-order valence-corrected chi connectivity index (χ2v) is 8.75. The predicted octanol–water partition coefficient (Wildman–Crippen LogP) is 3.19. The zero-order chi connectivity index (χ0) is 21.7. The molecule has 156 valence electrons. The van der Waals surface area contributed by atoms with Gasteiger partial charge in [-0.1, -0.05) is 12.1 Å². The van der Waals surface area contributed by atoms with Crippen molar-refractivity contribution in [3.05, 3.63) is 53.8 Å². The van der Waals surface area contributed by atoms with E-state index >= 15 is 0 Å². The number of benzene rings is 1. The summed E-state index contributed by atoms with van der Waals surface area (Å²) in [5.41, 5.74) is 0.546. The fourth-order valence-corrected chi connectivity index (χ4v) is 3.62. The highest BCUT2D eigenvalue weighted by Gasteiger charge is 2.26. The molecule has 0 saturated heterocycles. The Kier molecular flexibility index (Phi) is 6.99. The molecule has 0 unspecified atom stereocenters. The van der Waals surface area contributed by atoms with Crippen molar-refractivity contribution >= 4 is 33.7 Å². The average molecular weight is 420 g/mol. The number of nitrogens with one attached hydrogen (secondary N) is 2. The van der Waals surface area contributed by atoms with Crippen molar-refractivity contribution in [3.8, 4) is 0 Å². The van der Waals surface area contributed by atoms with Crippen LogP contribution in [-0.2, 0) is 19.6 Å². The number of anilines is 1. The molecular formula is C20H24N2O6S. The number of amides is 1. The molecule has 0 aliphatic carbocycles. The Balaban J connectivity index is 2.04. The third kappa shape index (κ3) is 6.88. The van der Waals surface area contributed by atoms with Gasteiger partial charge in [-0.2, -0.15) is 0 Å². The molecule has 0 atom stereocenters. The van der Waals surface area contributed by atoms with Crippen LogP contribution in [0.1, 0.15) is 43.8 Å². The van der Waals surface area contributed by atoms with Crippen LogP contribution in [0.3, 0.4) is 0 Å². The van der Waals surface area contributed by atoms with E-state index in [-0.39, 0.29) is 10.9 Å². The molecule has 1 aromatic carbocycles. The number of carbonyl (C=O) groups excluding carboxylic acids is 2. The van der Waals surface area contributed by atoms with Gasteiger partial charge >= 0.3 is 5.97 Å². The molecule has 0 radical (unpaired) electrons. The zero-order valence-electron chi connectivity index (χ0n) is 16.7. The van der Waals surface area contributed by atoms with E-state index in [2.05, 4.69) is 10.0 Å². The van der Waals surface area contributed by atoms with Crippen molar-refractivity contribution in [2.45, 2.75) is 38.3 Å². The number of carbonyl (C=O) groups is 2. The summed E-state index contributed by atoms with van der Waals surface area (Å²) in [6.45, 7) is 7.13. The molecule has 1 heterocycles. The Hall–Kier alpha value is -2.91. The van der Waals surface area contributed by atoms with Gasteiger partial charge in [0.1, 0.15) is 0 Å². The summed E-state index contributed by atoms with van der Waals surface area (Å²) in [5.74, 6) is -1.16. The largest absolute Gasteiger partial charge is 0.463 e. The molecule has 0 saturated carbocycles. The van der Waals surface area contributed by atoms with E-state index in [0.717, 1.165) is 5.56 Å². The van der Waals surface area contributed by atoms with Crippen molar-refractivity contribution in [3.63, 3.8) is 0 Å². The lowest BCUT2D eigenvalue weighted by molar-refractivity contribution is -0.137. The van der Waals surface area contributed by atoms with E-state index in [0.29, 0.717) is 12.3 Å². The average Bonchev–Trinajstić information content (AvgIpc) is 3.11. The molecule has 0 bridgehead atoms. The molecule has 0 fully saturated rings. The van der Waals surface area contributed by atoms with Gasteiger partial charge in [0.15, 0.2) is 5.76 Å². The van der Waals surface area contributed by atoms with Crippen molar-refractivity contribution in [1.82, 2.24) is 4.72 Å². The normalized spacial score (nSPS) is 12.1. The van der Waals surface area contributed by atoms with Crippen LogP contribution in [0.2, 0.25) is 0 Å². The molecule has 2 rings (SSSR count). The lowest BCUT2D eigenvalue weighted by atomic mass is 10.1. The summed E-state index contributed by atoms with van der Waals surface area (Å²) in [6.07, 6.45) is 2.91. The van der Waals surface area contributed by atoms with Crippen LogP contribution in [0.5, 0.6) is 0 Å². The fourth-order valence-electron chi connectivity index (χ4n) is 2.26. The molecule has 29 heavy (non-hydrogen) atoms. The van der Waals surface area contributed by atoms with Crippen LogP contribution in [-0.4, -0.2) is 32.4 Å². The molecule has 9 heteroatoms. The van der Waals surface area contributed by atoms with E-state index in [1.807, 2.05) is 0 Å². The maximum absolute atomic E-state index is 12.3. The van der Waals surface area contributed by atoms with Crippen LogP contribution < -0.4 is 10.0 Å². The Labute approximate surface area is 170 Å². The molecule has 0 aliphatic heterocycles. The third-order valence-corrected chi connectivity index (χ3v) is 5.01. The van der Waals surface area contributed by atoms with Crippen LogP contribution in [0, 0.1) is 0 Å². The Morgan fingerprint density at radius 3 is 2.34 bits per heavy atom. The predicted molar refractivity (Wildman–Crippen MR) is 109 cm³/mol. The van der Waals surface area contributed by atoms with E-state index in [4.69, 9.17) is 9.15 Å². The summed E-state index contributed by atoms with van der Waals surface area (Å²) in [7, 11) is -3.87. The number of furan rings is 1. The number of ether oxygens (including phenoxy) is 1. The van der Waals surface area contributed by atoms with Gasteiger partial charge in [-0.25, -0.2) is 17.9 Å². The van der Waals surface area contributed by atoms with Gasteiger partial charge in [-0.15, -0.1) is 0 Å². The Morgan fingerprint density at radius 2 is 1.76 bits per heavy atom. The van der Waals surface area contributed by atoms with E-state index < -0.39 is 27.4 Å². The van der Waals surface area contributed by atoms with Gasteiger partial charge in [0, 0.05) is 17.3 Å². The van der Waals surface area contributed by atoms with E-state index in [9.17, 15) is 18.0 Å². The van der Waals surface area contributed by atoms with E-state index in [1.54, 1.807) is 58.0 Å². The van der Waals surface area contributed by atoms with Crippen molar-refractivity contribution in [2.75, 3.05) is 11.9 Å². The summed E-state index contributed by atoms with van der Waals surface area (Å²) in [4.78, 5) is 23.6. The second kappa shape index (κ2) is 9.06. The first-order valence-electron chi connectivity index (χ1n) is 8.90. The molecule has 0 aliphatic rings. The fraction of sp³-hybridized carbons (Fsp3) is 0.300. The van der Waals surface area contributed by atoms with Gasteiger partial charge in [0.05, 0.1) is 6.61 Å². The first-order chi connectivity index (χ1) is 13.5. The minimum absolute atomic E-state index is 0.134. The Bertz CT molecular complexity index is 998. The molecule has 2 aromatic rings. The molecule has 2 N–H and O–H groups in total. The van der Waals surface area contributed by atoms with Crippen LogP contribution >= 0.6 is 0 Å². The highest BCUT2D eigenvalue weighted by atomic mass is 32.2. The second-order valence-electron chi connectivity index (χ2n) is 7.14. The summed E-state index contributed by atoms with van der Waals surface area (Å²) < 4.78 is 37.0. The topological polar surface area (TPSA) is 115 Å². The third-order valence-electron chi connectivity index (χ3n) is 3.38. The van der Waals surface area contributed by atoms with Gasteiger partial charge in [0.25, 0.3) is 15.9 Å².